The van der Waals surface area contributed by atoms with Crippen LogP contribution in [0.4, 0.5) is 0 Å². The van der Waals surface area contributed by atoms with Crippen LogP contribution in [0.2, 0.25) is 0 Å². The molecule has 0 rings (SSSR count). The molecule has 0 aliphatic carbocycles. The first kappa shape index (κ1) is 12.2. The van der Waals surface area contributed by atoms with Crippen LogP contribution in [0.3, 0.4) is 0 Å². The Kier molecular flexibility index (Phi) is 6.73. The summed E-state index contributed by atoms with van der Waals surface area (Å²) in [5.41, 5.74) is 0. The average Bonchev–Trinajstić information content (AvgIpc) is 2.11. The molecule has 0 bridgehead atoms. The van der Waals surface area contributed by atoms with E-state index in [0.29, 0.717) is 0 Å². The SMILES string of the molecule is CCCCC(Br)(C=O)CCCC. The summed E-state index contributed by atoms with van der Waals surface area (Å²) < 4.78 is -0.223. The maximum absolute atomic E-state index is 10.8. The lowest BCUT2D eigenvalue weighted by Crippen LogP contribution is -2.22. The number of unbranched alkanes of at least 4 members (excludes halogenated alkanes) is 2. The molecule has 0 aromatic rings. The standard InChI is InChI=1S/C10H19BrO/c1-3-5-7-10(11,9-12)8-6-4-2/h9H,3-8H2,1-2H3. The molecule has 0 saturated heterocycles. The molecule has 1 nitrogen and oxygen atoms in total. The van der Waals surface area contributed by atoms with Crippen molar-refractivity contribution >= 4 is 22.2 Å². The lowest BCUT2D eigenvalue weighted by molar-refractivity contribution is -0.110. The third-order valence-electron chi connectivity index (χ3n) is 2.10. The Morgan fingerprint density at radius 2 is 1.58 bits per heavy atom. The number of halogens is 1. The van der Waals surface area contributed by atoms with Crippen molar-refractivity contribution in [1.82, 2.24) is 0 Å². The van der Waals surface area contributed by atoms with Crippen LogP contribution in [0.25, 0.3) is 0 Å². The second kappa shape index (κ2) is 6.64. The summed E-state index contributed by atoms with van der Waals surface area (Å²) in [6.07, 6.45) is 7.61. The minimum atomic E-state index is -0.223. The van der Waals surface area contributed by atoms with Gasteiger partial charge in [-0.2, -0.15) is 0 Å². The lowest BCUT2D eigenvalue weighted by atomic mass is 9.97. The van der Waals surface area contributed by atoms with Gasteiger partial charge in [-0.15, -0.1) is 0 Å². The van der Waals surface area contributed by atoms with Gasteiger partial charge in [0.05, 0.1) is 4.32 Å². The zero-order chi connectivity index (χ0) is 9.45. The van der Waals surface area contributed by atoms with Crippen LogP contribution >= 0.6 is 15.9 Å². The summed E-state index contributed by atoms with van der Waals surface area (Å²) in [6, 6.07) is 0. The van der Waals surface area contributed by atoms with Crippen molar-refractivity contribution in [3.63, 3.8) is 0 Å². The molecule has 0 fully saturated rings. The largest absolute Gasteiger partial charge is 0.302 e. The third-order valence-corrected chi connectivity index (χ3v) is 3.08. The summed E-state index contributed by atoms with van der Waals surface area (Å²) in [6.45, 7) is 4.30. The molecule has 0 unspecified atom stereocenters. The second-order valence-corrected chi connectivity index (χ2v) is 4.94. The van der Waals surface area contributed by atoms with E-state index in [1.165, 1.54) is 0 Å². The summed E-state index contributed by atoms with van der Waals surface area (Å²) in [4.78, 5) is 10.8. The van der Waals surface area contributed by atoms with Crippen molar-refractivity contribution < 1.29 is 4.79 Å². The van der Waals surface area contributed by atoms with Crippen LogP contribution in [-0.4, -0.2) is 10.6 Å². The second-order valence-electron chi connectivity index (χ2n) is 3.36. The minimum absolute atomic E-state index is 0.223. The molecule has 72 valence electrons. The number of hydrogen-bond acceptors (Lipinski definition) is 1. The van der Waals surface area contributed by atoms with E-state index in [4.69, 9.17) is 0 Å². The minimum Gasteiger partial charge on any atom is -0.302 e. The maximum atomic E-state index is 10.8. The summed E-state index contributed by atoms with van der Waals surface area (Å²) in [5.74, 6) is 0. The van der Waals surface area contributed by atoms with Crippen molar-refractivity contribution in [3.8, 4) is 0 Å². The van der Waals surface area contributed by atoms with E-state index < -0.39 is 0 Å². The molecule has 0 N–H and O–H groups in total. The quantitative estimate of drug-likeness (QED) is 0.485. The van der Waals surface area contributed by atoms with Gasteiger partial charge in [-0.25, -0.2) is 0 Å². The number of aldehydes is 1. The molecule has 0 heterocycles. The fourth-order valence-corrected chi connectivity index (χ4v) is 1.74. The molecular weight excluding hydrogens is 216 g/mol. The summed E-state index contributed by atoms with van der Waals surface area (Å²) >= 11 is 3.52. The van der Waals surface area contributed by atoms with Crippen LogP contribution in [0.15, 0.2) is 0 Å². The Bertz CT molecular complexity index is 115. The Morgan fingerprint density at radius 3 is 1.83 bits per heavy atom. The maximum Gasteiger partial charge on any atom is 0.136 e. The van der Waals surface area contributed by atoms with E-state index in [9.17, 15) is 4.79 Å². The average molecular weight is 235 g/mol. The smallest absolute Gasteiger partial charge is 0.136 e. The summed E-state index contributed by atoms with van der Waals surface area (Å²) in [5, 5.41) is 0. The fourth-order valence-electron chi connectivity index (χ4n) is 1.18. The van der Waals surface area contributed by atoms with Gasteiger partial charge >= 0.3 is 0 Å². The van der Waals surface area contributed by atoms with Gasteiger partial charge in [0.2, 0.25) is 0 Å². The number of carbonyl (C=O) groups is 1. The van der Waals surface area contributed by atoms with Gasteiger partial charge in [0.15, 0.2) is 0 Å². The van der Waals surface area contributed by atoms with Gasteiger partial charge in [-0.1, -0.05) is 55.5 Å². The van der Waals surface area contributed by atoms with E-state index in [2.05, 4.69) is 29.8 Å². The normalized spacial score (nSPS) is 11.6. The van der Waals surface area contributed by atoms with E-state index in [1.807, 2.05) is 0 Å². The van der Waals surface area contributed by atoms with Crippen LogP contribution < -0.4 is 0 Å². The molecule has 0 atom stereocenters. The monoisotopic (exact) mass is 234 g/mol. The number of rotatable bonds is 7. The fraction of sp³-hybridized carbons (Fsp3) is 0.900. The first-order valence-electron chi connectivity index (χ1n) is 4.83. The first-order chi connectivity index (χ1) is 5.68. The van der Waals surface area contributed by atoms with Crippen LogP contribution in [-0.2, 0) is 4.79 Å². The predicted octanol–water partition coefficient (Wildman–Crippen LogP) is 3.70. The zero-order valence-electron chi connectivity index (χ0n) is 8.11. The highest BCUT2D eigenvalue weighted by Gasteiger charge is 2.23. The number of carbonyl (C=O) groups excluding carboxylic acids is 1. The Hall–Kier alpha value is 0.150. The van der Waals surface area contributed by atoms with Crippen LogP contribution in [0, 0.1) is 0 Å². The van der Waals surface area contributed by atoms with Crippen LogP contribution in [0.5, 0.6) is 0 Å². The van der Waals surface area contributed by atoms with Crippen molar-refractivity contribution in [3.05, 3.63) is 0 Å². The summed E-state index contributed by atoms with van der Waals surface area (Å²) in [7, 11) is 0. The molecule has 2 heteroatoms. The first-order valence-corrected chi connectivity index (χ1v) is 5.63. The molecule has 0 aromatic heterocycles. The molecule has 0 spiro atoms. The van der Waals surface area contributed by atoms with Crippen LogP contribution in [0.1, 0.15) is 52.4 Å². The van der Waals surface area contributed by atoms with Gasteiger partial charge in [0.25, 0.3) is 0 Å². The highest BCUT2D eigenvalue weighted by atomic mass is 79.9. The third kappa shape index (κ3) is 4.91. The molecule has 0 saturated carbocycles. The molecule has 0 radical (unpaired) electrons. The molecule has 12 heavy (non-hydrogen) atoms. The topological polar surface area (TPSA) is 17.1 Å². The van der Waals surface area contributed by atoms with Crippen molar-refractivity contribution in [2.24, 2.45) is 0 Å². The van der Waals surface area contributed by atoms with Gasteiger partial charge in [0, 0.05) is 0 Å². The van der Waals surface area contributed by atoms with E-state index in [0.717, 1.165) is 44.8 Å². The Balaban J connectivity index is 3.78. The molecular formula is C10H19BrO. The molecule has 0 aliphatic rings. The Morgan fingerprint density at radius 1 is 1.17 bits per heavy atom. The molecule has 0 amide bonds. The van der Waals surface area contributed by atoms with Gasteiger partial charge < -0.3 is 4.79 Å². The predicted molar refractivity (Wildman–Crippen MR) is 56.8 cm³/mol. The van der Waals surface area contributed by atoms with Crippen molar-refractivity contribution in [2.45, 2.75) is 56.7 Å². The van der Waals surface area contributed by atoms with Gasteiger partial charge in [-0.3, -0.25) is 0 Å². The number of alkyl halides is 1. The van der Waals surface area contributed by atoms with E-state index in [1.54, 1.807) is 0 Å². The zero-order valence-corrected chi connectivity index (χ0v) is 9.69. The Labute approximate surface area is 84.1 Å². The van der Waals surface area contributed by atoms with E-state index >= 15 is 0 Å². The van der Waals surface area contributed by atoms with Crippen molar-refractivity contribution in [2.75, 3.05) is 0 Å². The van der Waals surface area contributed by atoms with Gasteiger partial charge in [0.1, 0.15) is 6.29 Å². The number of hydrogen-bond donors (Lipinski definition) is 0. The molecule has 0 aromatic carbocycles. The van der Waals surface area contributed by atoms with Gasteiger partial charge in [-0.05, 0) is 12.8 Å². The molecule has 0 aliphatic heterocycles. The van der Waals surface area contributed by atoms with E-state index in [-0.39, 0.29) is 4.32 Å². The highest BCUT2D eigenvalue weighted by molar-refractivity contribution is 9.10. The highest BCUT2D eigenvalue weighted by Crippen LogP contribution is 2.28. The van der Waals surface area contributed by atoms with Crippen molar-refractivity contribution in [1.29, 1.82) is 0 Å². The lowest BCUT2D eigenvalue weighted by Gasteiger charge is -2.19.